The number of thioether (sulfide) groups is 1. The Hall–Kier alpha value is -0.750. The summed E-state index contributed by atoms with van der Waals surface area (Å²) in [6.07, 6.45) is 1.61. The third kappa shape index (κ3) is 2.89. The lowest BCUT2D eigenvalue weighted by Crippen LogP contribution is -2.28. The molecule has 0 amide bonds. The van der Waals surface area contributed by atoms with Gasteiger partial charge in [0.25, 0.3) is 0 Å². The van der Waals surface area contributed by atoms with E-state index in [0.29, 0.717) is 10.3 Å². The van der Waals surface area contributed by atoms with Gasteiger partial charge in [0.2, 0.25) is 0 Å². The van der Waals surface area contributed by atoms with Crippen molar-refractivity contribution >= 4 is 39.5 Å². The van der Waals surface area contributed by atoms with E-state index in [1.807, 2.05) is 0 Å². The molecule has 88 valence electrons. The fraction of sp³-hybridized carbons (Fsp3) is 0.400. The highest BCUT2D eigenvalue weighted by molar-refractivity contribution is 9.10. The zero-order chi connectivity index (χ0) is 12.3. The lowest BCUT2D eigenvalue weighted by molar-refractivity contribution is -0.142. The van der Waals surface area contributed by atoms with Crippen molar-refractivity contribution < 1.29 is 9.53 Å². The van der Waals surface area contributed by atoms with E-state index >= 15 is 0 Å². The number of nitrogens with zero attached hydrogens (tertiary/aromatic N) is 1. The molecule has 0 aliphatic carbocycles. The molecule has 0 radical (unpaired) electrons. The molecule has 1 aromatic heterocycles. The molecule has 0 atom stereocenters. The Labute approximate surface area is 107 Å². The van der Waals surface area contributed by atoms with Gasteiger partial charge >= 0.3 is 5.97 Å². The molecular formula is C10H13BrN2O2S. The maximum atomic E-state index is 11.5. The Morgan fingerprint density at radius 1 is 1.62 bits per heavy atom. The van der Waals surface area contributed by atoms with Crippen molar-refractivity contribution in [1.82, 2.24) is 4.98 Å². The molecule has 4 nitrogen and oxygen atoms in total. The number of carbonyl (C=O) groups excluding carboxylic acids is 1. The van der Waals surface area contributed by atoms with Crippen LogP contribution in [0.1, 0.15) is 13.8 Å². The zero-order valence-corrected chi connectivity index (χ0v) is 11.7. The second-order valence-electron chi connectivity index (χ2n) is 3.61. The van der Waals surface area contributed by atoms with Crippen molar-refractivity contribution in [2.45, 2.75) is 23.5 Å². The summed E-state index contributed by atoms with van der Waals surface area (Å²) >= 11 is 4.72. The Bertz CT molecular complexity index is 410. The van der Waals surface area contributed by atoms with Crippen molar-refractivity contribution in [3.63, 3.8) is 0 Å². The summed E-state index contributed by atoms with van der Waals surface area (Å²) in [4.78, 5) is 16.3. The smallest absolute Gasteiger partial charge is 0.321 e. The van der Waals surface area contributed by atoms with E-state index in [0.717, 1.165) is 4.90 Å². The first-order valence-electron chi connectivity index (χ1n) is 4.56. The van der Waals surface area contributed by atoms with E-state index < -0.39 is 4.75 Å². The molecule has 6 heteroatoms. The van der Waals surface area contributed by atoms with Gasteiger partial charge in [-0.3, -0.25) is 4.79 Å². The summed E-state index contributed by atoms with van der Waals surface area (Å²) in [7, 11) is 1.38. The lowest BCUT2D eigenvalue weighted by atomic mass is 10.2. The van der Waals surface area contributed by atoms with Gasteiger partial charge in [0.1, 0.15) is 10.6 Å². The molecule has 0 aromatic carbocycles. The third-order valence-electron chi connectivity index (χ3n) is 1.92. The first-order valence-corrected chi connectivity index (χ1v) is 6.17. The normalized spacial score (nSPS) is 11.2. The number of halogens is 1. The van der Waals surface area contributed by atoms with Crippen LogP contribution in [0.15, 0.2) is 21.6 Å². The first kappa shape index (κ1) is 13.3. The lowest BCUT2D eigenvalue weighted by Gasteiger charge is -2.21. The predicted octanol–water partition coefficient (Wildman–Crippen LogP) is 2.47. The number of pyridine rings is 1. The van der Waals surface area contributed by atoms with Gasteiger partial charge in [-0.2, -0.15) is 0 Å². The Balaban J connectivity index is 2.96. The number of nitrogens with two attached hydrogens (primary N) is 1. The Morgan fingerprint density at radius 2 is 2.25 bits per heavy atom. The van der Waals surface area contributed by atoms with Crippen molar-refractivity contribution in [2.24, 2.45) is 0 Å². The standard InChI is InChI=1S/C10H13BrN2O2S/c1-10(2,9(14)15-3)16-6-4-5-13-8(12)7(6)11/h4-5H,1-3H3,(H2,12,13). The van der Waals surface area contributed by atoms with Crippen molar-refractivity contribution in [3.8, 4) is 0 Å². The highest BCUT2D eigenvalue weighted by Gasteiger charge is 2.31. The van der Waals surface area contributed by atoms with E-state index in [9.17, 15) is 4.79 Å². The van der Waals surface area contributed by atoms with Gasteiger partial charge < -0.3 is 10.5 Å². The number of hydrogen-bond donors (Lipinski definition) is 1. The van der Waals surface area contributed by atoms with Crippen LogP contribution < -0.4 is 5.73 Å². The monoisotopic (exact) mass is 304 g/mol. The minimum Gasteiger partial charge on any atom is -0.468 e. The summed E-state index contributed by atoms with van der Waals surface area (Å²) in [5, 5.41) is 0. The summed E-state index contributed by atoms with van der Waals surface area (Å²) in [5.41, 5.74) is 5.66. The third-order valence-corrected chi connectivity index (χ3v) is 4.26. The van der Waals surface area contributed by atoms with Crippen LogP contribution in [-0.4, -0.2) is 22.8 Å². The minimum absolute atomic E-state index is 0.278. The molecular weight excluding hydrogens is 292 g/mol. The number of rotatable bonds is 3. The molecule has 0 bridgehead atoms. The molecule has 0 saturated heterocycles. The van der Waals surface area contributed by atoms with Gasteiger partial charge in [-0.1, -0.05) is 0 Å². The number of aromatic nitrogens is 1. The SMILES string of the molecule is COC(=O)C(C)(C)Sc1ccnc(N)c1Br. The van der Waals surface area contributed by atoms with Gasteiger partial charge in [-0.05, 0) is 35.8 Å². The molecule has 1 heterocycles. The van der Waals surface area contributed by atoms with Crippen LogP contribution in [0.5, 0.6) is 0 Å². The number of anilines is 1. The van der Waals surface area contributed by atoms with Crippen molar-refractivity contribution in [1.29, 1.82) is 0 Å². The summed E-state index contributed by atoms with van der Waals surface area (Å²) < 4.78 is 4.78. The van der Waals surface area contributed by atoms with E-state index in [1.54, 1.807) is 26.1 Å². The fourth-order valence-corrected chi connectivity index (χ4v) is 2.60. The van der Waals surface area contributed by atoms with Gasteiger partial charge in [0, 0.05) is 11.1 Å². The molecule has 16 heavy (non-hydrogen) atoms. The minimum atomic E-state index is -0.662. The number of carbonyl (C=O) groups is 1. The van der Waals surface area contributed by atoms with Crippen LogP contribution in [0, 0.1) is 0 Å². The average molecular weight is 305 g/mol. The van der Waals surface area contributed by atoms with Crippen LogP contribution in [0.4, 0.5) is 5.82 Å². The predicted molar refractivity (Wildman–Crippen MR) is 68.3 cm³/mol. The van der Waals surface area contributed by atoms with E-state index in [1.165, 1.54) is 18.9 Å². The zero-order valence-electron chi connectivity index (χ0n) is 9.28. The van der Waals surface area contributed by atoms with Gasteiger partial charge in [-0.15, -0.1) is 11.8 Å². The van der Waals surface area contributed by atoms with E-state index in [2.05, 4.69) is 20.9 Å². The number of methoxy groups -OCH3 is 1. The highest BCUT2D eigenvalue weighted by atomic mass is 79.9. The highest BCUT2D eigenvalue weighted by Crippen LogP contribution is 2.38. The van der Waals surface area contributed by atoms with Crippen LogP contribution in [0.25, 0.3) is 0 Å². The summed E-state index contributed by atoms with van der Waals surface area (Å²) in [5.74, 6) is 0.130. The van der Waals surface area contributed by atoms with E-state index in [4.69, 9.17) is 10.5 Å². The molecule has 0 saturated carbocycles. The van der Waals surface area contributed by atoms with Gasteiger partial charge in [0.15, 0.2) is 0 Å². The Kier molecular flexibility index (Phi) is 4.21. The van der Waals surface area contributed by atoms with Crippen molar-refractivity contribution in [3.05, 3.63) is 16.7 Å². The molecule has 1 rings (SSSR count). The largest absolute Gasteiger partial charge is 0.468 e. The molecule has 2 N–H and O–H groups in total. The maximum absolute atomic E-state index is 11.5. The number of ether oxygens (including phenoxy) is 1. The molecule has 0 unspecified atom stereocenters. The molecule has 0 fully saturated rings. The molecule has 0 aliphatic heterocycles. The second-order valence-corrected chi connectivity index (χ2v) is 6.07. The molecule has 1 aromatic rings. The topological polar surface area (TPSA) is 65.2 Å². The molecule has 0 aliphatic rings. The van der Waals surface area contributed by atoms with Crippen LogP contribution in [0.3, 0.4) is 0 Å². The number of esters is 1. The van der Waals surface area contributed by atoms with Crippen LogP contribution >= 0.6 is 27.7 Å². The second kappa shape index (κ2) is 5.05. The maximum Gasteiger partial charge on any atom is 0.321 e. The van der Waals surface area contributed by atoms with Gasteiger partial charge in [0.05, 0.1) is 11.6 Å². The number of hydrogen-bond acceptors (Lipinski definition) is 5. The van der Waals surface area contributed by atoms with Gasteiger partial charge in [-0.25, -0.2) is 4.98 Å². The van der Waals surface area contributed by atoms with Crippen LogP contribution in [0.2, 0.25) is 0 Å². The van der Waals surface area contributed by atoms with E-state index in [-0.39, 0.29) is 5.97 Å². The Morgan fingerprint density at radius 3 is 2.81 bits per heavy atom. The first-order chi connectivity index (χ1) is 7.38. The summed E-state index contributed by atoms with van der Waals surface area (Å²) in [6.45, 7) is 3.60. The average Bonchev–Trinajstić information content (AvgIpc) is 2.23. The molecule has 0 spiro atoms. The quantitative estimate of drug-likeness (QED) is 0.686. The summed E-state index contributed by atoms with van der Waals surface area (Å²) in [6, 6.07) is 1.80. The van der Waals surface area contributed by atoms with Crippen molar-refractivity contribution in [2.75, 3.05) is 12.8 Å². The number of nitrogen functional groups attached to an aromatic ring is 1. The van der Waals surface area contributed by atoms with Crippen LogP contribution in [-0.2, 0) is 9.53 Å². The fourth-order valence-electron chi connectivity index (χ4n) is 1.08.